The van der Waals surface area contributed by atoms with E-state index in [1.54, 1.807) is 12.1 Å². The molecular formula is C24H26ClN3O2. The van der Waals surface area contributed by atoms with Crippen LogP contribution >= 0.6 is 11.6 Å². The number of nitriles is 1. The van der Waals surface area contributed by atoms with Gasteiger partial charge in [-0.25, -0.2) is 0 Å². The maximum absolute atomic E-state index is 13.0. The Hall–Kier alpha value is -2.84. The van der Waals surface area contributed by atoms with Crippen molar-refractivity contribution >= 4 is 23.4 Å². The summed E-state index contributed by atoms with van der Waals surface area (Å²) in [6.07, 6.45) is 6.11. The Morgan fingerprint density at radius 1 is 0.967 bits per heavy atom. The summed E-state index contributed by atoms with van der Waals surface area (Å²) in [4.78, 5) is 25.9. The van der Waals surface area contributed by atoms with E-state index in [-0.39, 0.29) is 18.4 Å². The molecule has 5 nitrogen and oxygen atoms in total. The second-order valence-corrected chi connectivity index (χ2v) is 8.11. The van der Waals surface area contributed by atoms with Gasteiger partial charge in [0.1, 0.15) is 12.1 Å². The molecule has 0 bridgehead atoms. The minimum absolute atomic E-state index is 0.0665. The van der Waals surface area contributed by atoms with E-state index in [1.807, 2.05) is 42.5 Å². The molecule has 0 unspecified atom stereocenters. The summed E-state index contributed by atoms with van der Waals surface area (Å²) in [6.45, 7) is -0.0665. The molecule has 0 saturated heterocycles. The number of amides is 2. The van der Waals surface area contributed by atoms with Crippen molar-refractivity contribution in [1.29, 1.82) is 5.26 Å². The van der Waals surface area contributed by atoms with Crippen LogP contribution in [0.15, 0.2) is 48.5 Å². The number of hydrogen-bond donors (Lipinski definition) is 2. The Kier molecular flexibility index (Phi) is 7.48. The van der Waals surface area contributed by atoms with Gasteiger partial charge in [-0.1, -0.05) is 74.0 Å². The van der Waals surface area contributed by atoms with Crippen molar-refractivity contribution in [2.24, 2.45) is 0 Å². The largest absolute Gasteiger partial charge is 0.341 e. The van der Waals surface area contributed by atoms with Crippen LogP contribution in [0.5, 0.6) is 0 Å². The van der Waals surface area contributed by atoms with E-state index >= 15 is 0 Å². The molecule has 2 aromatic carbocycles. The highest BCUT2D eigenvalue weighted by molar-refractivity contribution is 6.33. The Balaban J connectivity index is 1.80. The zero-order valence-electron chi connectivity index (χ0n) is 16.9. The molecule has 156 valence electrons. The number of carbonyl (C=O) groups is 2. The SMILES string of the molecule is N#CCNC(=O)C1(NC(=O)c2ccc(-c3ccccc3Cl)cc2)CCCCCCC1. The third-order valence-corrected chi connectivity index (χ3v) is 5.98. The highest BCUT2D eigenvalue weighted by Crippen LogP contribution is 2.29. The van der Waals surface area contributed by atoms with Gasteiger partial charge in [-0.3, -0.25) is 9.59 Å². The molecule has 1 fully saturated rings. The van der Waals surface area contributed by atoms with Crippen LogP contribution in [0.2, 0.25) is 5.02 Å². The quantitative estimate of drug-likeness (QED) is 0.673. The van der Waals surface area contributed by atoms with E-state index in [0.29, 0.717) is 23.4 Å². The smallest absolute Gasteiger partial charge is 0.252 e. The van der Waals surface area contributed by atoms with E-state index < -0.39 is 5.54 Å². The van der Waals surface area contributed by atoms with Gasteiger partial charge < -0.3 is 10.6 Å². The summed E-state index contributed by atoms with van der Waals surface area (Å²) < 4.78 is 0. The third kappa shape index (κ3) is 5.20. The van der Waals surface area contributed by atoms with Crippen molar-refractivity contribution < 1.29 is 9.59 Å². The maximum atomic E-state index is 13.0. The van der Waals surface area contributed by atoms with Crippen LogP contribution in [-0.2, 0) is 4.79 Å². The monoisotopic (exact) mass is 423 g/mol. The van der Waals surface area contributed by atoms with Crippen molar-refractivity contribution in [3.8, 4) is 17.2 Å². The fourth-order valence-corrected chi connectivity index (χ4v) is 4.24. The standard InChI is InChI=1S/C24H26ClN3O2/c25-21-9-5-4-8-20(21)18-10-12-19(13-11-18)22(29)28-24(23(30)27-17-16-26)14-6-2-1-3-7-15-24/h4-5,8-13H,1-3,6-7,14-15,17H2,(H,27,30)(H,28,29). The number of halogens is 1. The summed E-state index contributed by atoms with van der Waals surface area (Å²) in [5.41, 5.74) is 1.33. The number of carbonyl (C=O) groups excluding carboxylic acids is 2. The lowest BCUT2D eigenvalue weighted by molar-refractivity contribution is -0.128. The Bertz CT molecular complexity index is 926. The van der Waals surface area contributed by atoms with E-state index in [4.69, 9.17) is 16.9 Å². The van der Waals surface area contributed by atoms with Crippen LogP contribution < -0.4 is 10.6 Å². The Labute approximate surface area is 182 Å². The van der Waals surface area contributed by atoms with Gasteiger partial charge in [-0.15, -0.1) is 0 Å². The highest BCUT2D eigenvalue weighted by atomic mass is 35.5. The molecule has 1 aliphatic carbocycles. The molecule has 0 spiro atoms. The van der Waals surface area contributed by atoms with E-state index in [0.717, 1.165) is 43.2 Å². The van der Waals surface area contributed by atoms with Crippen LogP contribution in [0.1, 0.15) is 55.3 Å². The second kappa shape index (κ2) is 10.3. The van der Waals surface area contributed by atoms with Crippen molar-refractivity contribution in [2.45, 2.75) is 50.5 Å². The first-order chi connectivity index (χ1) is 14.6. The zero-order chi connectivity index (χ0) is 21.4. The van der Waals surface area contributed by atoms with Crippen molar-refractivity contribution in [3.63, 3.8) is 0 Å². The maximum Gasteiger partial charge on any atom is 0.252 e. The molecule has 0 radical (unpaired) electrons. The first kappa shape index (κ1) is 21.9. The summed E-state index contributed by atoms with van der Waals surface area (Å²) in [7, 11) is 0. The summed E-state index contributed by atoms with van der Waals surface area (Å²) >= 11 is 6.27. The third-order valence-electron chi connectivity index (χ3n) is 5.65. The fourth-order valence-electron chi connectivity index (χ4n) is 3.99. The van der Waals surface area contributed by atoms with Crippen molar-refractivity contribution in [1.82, 2.24) is 10.6 Å². The first-order valence-corrected chi connectivity index (χ1v) is 10.8. The van der Waals surface area contributed by atoms with Crippen molar-refractivity contribution in [3.05, 3.63) is 59.1 Å². The van der Waals surface area contributed by atoms with Gasteiger partial charge in [0.05, 0.1) is 6.07 Å². The molecule has 1 aliphatic rings. The topological polar surface area (TPSA) is 82.0 Å². The minimum Gasteiger partial charge on any atom is -0.341 e. The number of nitrogens with one attached hydrogen (secondary N) is 2. The molecule has 30 heavy (non-hydrogen) atoms. The molecule has 3 rings (SSSR count). The van der Waals surface area contributed by atoms with Crippen LogP contribution in [0.4, 0.5) is 0 Å². The van der Waals surface area contributed by atoms with Gasteiger partial charge in [-0.2, -0.15) is 5.26 Å². The molecule has 0 atom stereocenters. The highest BCUT2D eigenvalue weighted by Gasteiger charge is 2.39. The number of benzene rings is 2. The predicted octanol–water partition coefficient (Wildman–Crippen LogP) is 4.86. The molecule has 6 heteroatoms. The first-order valence-electron chi connectivity index (χ1n) is 10.4. The second-order valence-electron chi connectivity index (χ2n) is 7.70. The molecule has 0 aromatic heterocycles. The van der Waals surface area contributed by atoms with Gasteiger partial charge in [0.2, 0.25) is 5.91 Å². The van der Waals surface area contributed by atoms with Gasteiger partial charge in [0.25, 0.3) is 5.91 Å². The lowest BCUT2D eigenvalue weighted by Crippen LogP contribution is -2.59. The minimum atomic E-state index is -0.976. The van der Waals surface area contributed by atoms with Gasteiger partial charge in [0.15, 0.2) is 0 Å². The normalized spacial score (nSPS) is 15.9. The van der Waals surface area contributed by atoms with Crippen molar-refractivity contribution in [2.75, 3.05) is 6.54 Å². The Morgan fingerprint density at radius 2 is 1.60 bits per heavy atom. The molecule has 0 heterocycles. The summed E-state index contributed by atoms with van der Waals surface area (Å²) in [5.74, 6) is -0.555. The fraction of sp³-hybridized carbons (Fsp3) is 0.375. The lowest BCUT2D eigenvalue weighted by atomic mass is 9.82. The average molecular weight is 424 g/mol. The van der Waals surface area contributed by atoms with Crippen LogP contribution in [0.25, 0.3) is 11.1 Å². The van der Waals surface area contributed by atoms with E-state index in [9.17, 15) is 9.59 Å². The van der Waals surface area contributed by atoms with Crippen LogP contribution in [0, 0.1) is 11.3 Å². The summed E-state index contributed by atoms with van der Waals surface area (Å²) in [5, 5.41) is 15.2. The average Bonchev–Trinajstić information content (AvgIpc) is 2.74. The van der Waals surface area contributed by atoms with Gasteiger partial charge in [-0.05, 0) is 36.6 Å². The van der Waals surface area contributed by atoms with Gasteiger partial charge >= 0.3 is 0 Å². The molecule has 2 N–H and O–H groups in total. The van der Waals surface area contributed by atoms with Crippen LogP contribution in [0.3, 0.4) is 0 Å². The lowest BCUT2D eigenvalue weighted by Gasteiger charge is -2.34. The number of hydrogen-bond acceptors (Lipinski definition) is 3. The van der Waals surface area contributed by atoms with E-state index in [2.05, 4.69) is 10.6 Å². The van der Waals surface area contributed by atoms with Gasteiger partial charge in [0, 0.05) is 16.1 Å². The Morgan fingerprint density at radius 3 is 2.23 bits per heavy atom. The molecule has 2 amide bonds. The molecule has 2 aromatic rings. The molecule has 0 aliphatic heterocycles. The number of rotatable bonds is 5. The van der Waals surface area contributed by atoms with Crippen LogP contribution in [-0.4, -0.2) is 23.9 Å². The number of nitrogens with zero attached hydrogens (tertiary/aromatic N) is 1. The zero-order valence-corrected chi connectivity index (χ0v) is 17.7. The van der Waals surface area contributed by atoms with E-state index in [1.165, 1.54) is 0 Å². The summed E-state index contributed by atoms with van der Waals surface area (Å²) in [6, 6.07) is 16.7. The predicted molar refractivity (Wildman–Crippen MR) is 118 cm³/mol. The molecular weight excluding hydrogens is 398 g/mol. The molecule has 1 saturated carbocycles.